The number of benzene rings is 1. The number of piperidine rings is 1. The van der Waals surface area contributed by atoms with Crippen molar-refractivity contribution in [2.24, 2.45) is 0 Å². The number of rotatable bonds is 4. The third kappa shape index (κ3) is 4.00. The fraction of sp³-hybridized carbons (Fsp3) is 0.571. The summed E-state index contributed by atoms with van der Waals surface area (Å²) < 4.78 is 27.3. The fourth-order valence-electron chi connectivity index (χ4n) is 2.97. The average Bonchev–Trinajstić information content (AvgIpc) is 2.46. The van der Waals surface area contributed by atoms with Gasteiger partial charge in [-0.05, 0) is 44.9 Å². The molecular formula is C14H22ClN3O4S. The lowest BCUT2D eigenvalue weighted by Gasteiger charge is -2.32. The van der Waals surface area contributed by atoms with Crippen molar-refractivity contribution in [1.29, 1.82) is 0 Å². The number of hydrogen-bond donors (Lipinski definition) is 1. The van der Waals surface area contributed by atoms with Crippen molar-refractivity contribution in [3.8, 4) is 0 Å². The maximum Gasteiger partial charge on any atom is 0.270 e. The number of nitro groups is 1. The minimum Gasteiger partial charge on any atom is -0.316 e. The van der Waals surface area contributed by atoms with Crippen LogP contribution in [0.1, 0.15) is 24.0 Å². The highest BCUT2D eigenvalue weighted by molar-refractivity contribution is 7.89. The molecule has 1 saturated heterocycles. The number of aryl methyl sites for hydroxylation is 2. The van der Waals surface area contributed by atoms with E-state index in [1.54, 1.807) is 13.8 Å². The van der Waals surface area contributed by atoms with Crippen LogP contribution in [-0.2, 0) is 10.0 Å². The van der Waals surface area contributed by atoms with Crippen molar-refractivity contribution in [1.82, 2.24) is 9.62 Å². The lowest BCUT2D eigenvalue weighted by molar-refractivity contribution is -0.385. The molecule has 130 valence electrons. The van der Waals surface area contributed by atoms with Crippen LogP contribution in [0.25, 0.3) is 0 Å². The summed E-state index contributed by atoms with van der Waals surface area (Å²) in [5.41, 5.74) is 0.747. The second-order valence-electron chi connectivity index (χ2n) is 5.66. The number of halogens is 1. The molecule has 23 heavy (non-hydrogen) atoms. The molecule has 1 N–H and O–H groups in total. The molecule has 0 aromatic heterocycles. The van der Waals surface area contributed by atoms with Crippen LogP contribution in [0.15, 0.2) is 17.0 Å². The molecule has 0 saturated carbocycles. The summed E-state index contributed by atoms with van der Waals surface area (Å²) in [4.78, 5) is 10.6. The second kappa shape index (κ2) is 7.57. The number of hydrogen-bond acceptors (Lipinski definition) is 5. The van der Waals surface area contributed by atoms with Crippen molar-refractivity contribution in [2.75, 3.05) is 20.1 Å². The summed E-state index contributed by atoms with van der Waals surface area (Å²) in [6.07, 6.45) is 1.75. The van der Waals surface area contributed by atoms with Gasteiger partial charge in [-0.2, -0.15) is 4.31 Å². The summed E-state index contributed by atoms with van der Waals surface area (Å²) in [5.74, 6) is 0. The van der Waals surface area contributed by atoms with Crippen LogP contribution in [0, 0.1) is 24.0 Å². The first-order chi connectivity index (χ1) is 10.3. The topological polar surface area (TPSA) is 92.6 Å². The fourth-order valence-corrected chi connectivity index (χ4v) is 4.90. The van der Waals surface area contributed by atoms with E-state index >= 15 is 0 Å². The van der Waals surface area contributed by atoms with Crippen LogP contribution in [0.5, 0.6) is 0 Å². The largest absolute Gasteiger partial charge is 0.316 e. The van der Waals surface area contributed by atoms with Gasteiger partial charge in [-0.3, -0.25) is 10.1 Å². The van der Waals surface area contributed by atoms with Gasteiger partial charge >= 0.3 is 0 Å². The van der Waals surface area contributed by atoms with Crippen molar-refractivity contribution < 1.29 is 13.3 Å². The quantitative estimate of drug-likeness (QED) is 0.652. The Balaban J connectivity index is 0.00000264. The van der Waals surface area contributed by atoms with Crippen molar-refractivity contribution >= 4 is 28.1 Å². The molecule has 1 unspecified atom stereocenters. The van der Waals surface area contributed by atoms with Gasteiger partial charge in [0.15, 0.2) is 0 Å². The average molecular weight is 364 g/mol. The SMILES string of the molecule is CNC1CCCN(S(=O)(=O)c2c(C)cc([N+](=O)[O-])cc2C)C1.Cl. The molecule has 1 aromatic rings. The summed E-state index contributed by atoms with van der Waals surface area (Å²) >= 11 is 0. The Morgan fingerprint density at radius 3 is 2.35 bits per heavy atom. The zero-order valence-corrected chi connectivity index (χ0v) is 15.0. The standard InChI is InChI=1S/C14H21N3O4S.ClH/c1-10-7-13(17(18)19)8-11(2)14(10)22(20,21)16-6-4-5-12(9-16)15-3;/h7-8,12,15H,4-6,9H2,1-3H3;1H. The van der Waals surface area contributed by atoms with E-state index in [1.807, 2.05) is 7.05 Å². The number of nitrogens with one attached hydrogen (secondary N) is 1. The number of nitrogens with zero attached hydrogens (tertiary/aromatic N) is 2. The third-order valence-electron chi connectivity index (χ3n) is 4.05. The summed E-state index contributed by atoms with van der Waals surface area (Å²) in [6, 6.07) is 2.78. The molecule has 1 heterocycles. The Labute approximate surface area is 142 Å². The Kier molecular flexibility index (Phi) is 6.52. The van der Waals surface area contributed by atoms with Crippen LogP contribution in [-0.4, -0.2) is 43.8 Å². The Bertz CT molecular complexity index is 670. The molecule has 0 radical (unpaired) electrons. The first kappa shape index (κ1) is 19.8. The number of sulfonamides is 1. The summed E-state index contributed by atoms with van der Waals surface area (Å²) in [5, 5.41) is 14.0. The predicted molar refractivity (Wildman–Crippen MR) is 90.7 cm³/mol. The molecule has 0 bridgehead atoms. The minimum absolute atomic E-state index is 0. The van der Waals surface area contributed by atoms with E-state index in [-0.39, 0.29) is 29.0 Å². The summed E-state index contributed by atoms with van der Waals surface area (Å²) in [6.45, 7) is 4.11. The molecule has 1 atom stereocenters. The van der Waals surface area contributed by atoms with Crippen LogP contribution in [0.2, 0.25) is 0 Å². The first-order valence-corrected chi connectivity index (χ1v) is 8.64. The van der Waals surface area contributed by atoms with E-state index < -0.39 is 14.9 Å². The molecule has 1 fully saturated rings. The molecule has 1 aliphatic heterocycles. The third-order valence-corrected chi connectivity index (χ3v) is 6.22. The molecular weight excluding hydrogens is 342 g/mol. The van der Waals surface area contributed by atoms with E-state index in [2.05, 4.69) is 5.32 Å². The van der Waals surface area contributed by atoms with Gasteiger partial charge in [0, 0.05) is 31.3 Å². The lowest BCUT2D eigenvalue weighted by Crippen LogP contribution is -2.47. The molecule has 7 nitrogen and oxygen atoms in total. The maximum atomic E-state index is 12.9. The van der Waals surface area contributed by atoms with Crippen molar-refractivity contribution in [2.45, 2.75) is 37.6 Å². The van der Waals surface area contributed by atoms with Crippen molar-refractivity contribution in [3.63, 3.8) is 0 Å². The zero-order valence-electron chi connectivity index (χ0n) is 13.4. The monoisotopic (exact) mass is 363 g/mol. The normalized spacial score (nSPS) is 19.2. The number of likely N-dealkylation sites (N-methyl/N-ethyl adjacent to an activating group) is 1. The van der Waals surface area contributed by atoms with Gasteiger partial charge in [0.2, 0.25) is 10.0 Å². The molecule has 9 heteroatoms. The zero-order chi connectivity index (χ0) is 16.5. The lowest BCUT2D eigenvalue weighted by atomic mass is 10.1. The first-order valence-electron chi connectivity index (χ1n) is 7.20. The highest BCUT2D eigenvalue weighted by atomic mass is 35.5. The Morgan fingerprint density at radius 1 is 1.30 bits per heavy atom. The maximum absolute atomic E-state index is 12.9. The molecule has 0 spiro atoms. The van der Waals surface area contributed by atoms with E-state index in [9.17, 15) is 18.5 Å². The smallest absolute Gasteiger partial charge is 0.270 e. The second-order valence-corrected chi connectivity index (χ2v) is 7.53. The molecule has 2 rings (SSSR count). The van der Waals surface area contributed by atoms with Gasteiger partial charge in [0.25, 0.3) is 5.69 Å². The van der Waals surface area contributed by atoms with Gasteiger partial charge in [-0.15, -0.1) is 12.4 Å². The molecule has 1 aliphatic rings. The van der Waals surface area contributed by atoms with E-state index in [1.165, 1.54) is 16.4 Å². The van der Waals surface area contributed by atoms with Gasteiger partial charge in [0.05, 0.1) is 9.82 Å². The van der Waals surface area contributed by atoms with E-state index in [0.29, 0.717) is 24.2 Å². The summed E-state index contributed by atoms with van der Waals surface area (Å²) in [7, 11) is -1.82. The molecule has 1 aromatic carbocycles. The van der Waals surface area contributed by atoms with Crippen molar-refractivity contribution in [3.05, 3.63) is 33.4 Å². The Hall–Kier alpha value is -1.22. The van der Waals surface area contributed by atoms with E-state index in [0.717, 1.165) is 12.8 Å². The van der Waals surface area contributed by atoms with Gasteiger partial charge in [-0.25, -0.2) is 8.42 Å². The minimum atomic E-state index is -3.64. The number of nitro benzene ring substituents is 1. The number of non-ortho nitro benzene ring substituents is 1. The van der Waals surface area contributed by atoms with Crippen LogP contribution < -0.4 is 5.32 Å². The van der Waals surface area contributed by atoms with E-state index in [4.69, 9.17) is 0 Å². The van der Waals surface area contributed by atoms with Crippen LogP contribution >= 0.6 is 12.4 Å². The Morgan fingerprint density at radius 2 is 1.87 bits per heavy atom. The highest BCUT2D eigenvalue weighted by Gasteiger charge is 2.32. The predicted octanol–water partition coefficient (Wildman–Crippen LogP) is 2.01. The van der Waals surface area contributed by atoms with Crippen LogP contribution in [0.3, 0.4) is 0 Å². The molecule has 0 aliphatic carbocycles. The van der Waals surface area contributed by atoms with Gasteiger partial charge < -0.3 is 5.32 Å². The van der Waals surface area contributed by atoms with Crippen LogP contribution in [0.4, 0.5) is 5.69 Å². The molecule has 0 amide bonds. The van der Waals surface area contributed by atoms with Gasteiger partial charge in [-0.1, -0.05) is 0 Å². The van der Waals surface area contributed by atoms with Gasteiger partial charge in [0.1, 0.15) is 0 Å². The highest BCUT2D eigenvalue weighted by Crippen LogP contribution is 2.29.